The molecule has 0 spiro atoms. The standard InChI is InChI=1S/C14H19N3.2C2H6/c1-3-12-4-6-13(7-5-12)14-9-17(10-16-14)11(2)8-15;2*1-2/h4-7,9-11H,3,8,15H2,1-2H3;2*1-2H3. The van der Waals surface area contributed by atoms with Crippen LogP contribution in [0.5, 0.6) is 0 Å². The lowest BCUT2D eigenvalue weighted by molar-refractivity contribution is 0.558. The molecule has 0 aliphatic rings. The average Bonchev–Trinajstić information content (AvgIpc) is 3.08. The summed E-state index contributed by atoms with van der Waals surface area (Å²) in [4.78, 5) is 4.42. The molecule has 0 saturated heterocycles. The molecule has 0 amide bonds. The highest BCUT2D eigenvalue weighted by Crippen LogP contribution is 2.19. The third-order valence-corrected chi connectivity index (χ3v) is 3.11. The highest BCUT2D eigenvalue weighted by molar-refractivity contribution is 5.58. The normalized spacial score (nSPS) is 10.8. The maximum absolute atomic E-state index is 5.64. The molecule has 0 saturated carbocycles. The number of aryl methyl sites for hydroxylation is 1. The molecule has 3 nitrogen and oxygen atoms in total. The molecule has 3 heteroatoms. The first kappa shape index (κ1) is 19.4. The van der Waals surface area contributed by atoms with Gasteiger partial charge in [0.1, 0.15) is 0 Å². The maximum atomic E-state index is 5.64. The molecule has 1 heterocycles. The van der Waals surface area contributed by atoms with E-state index in [9.17, 15) is 0 Å². The van der Waals surface area contributed by atoms with Crippen molar-refractivity contribution in [2.24, 2.45) is 5.73 Å². The molecule has 1 aromatic carbocycles. The van der Waals surface area contributed by atoms with Crippen molar-refractivity contribution in [3.8, 4) is 11.3 Å². The highest BCUT2D eigenvalue weighted by atomic mass is 15.1. The lowest BCUT2D eigenvalue weighted by atomic mass is 10.1. The van der Waals surface area contributed by atoms with Crippen LogP contribution in [0.25, 0.3) is 11.3 Å². The van der Waals surface area contributed by atoms with E-state index in [1.54, 1.807) is 0 Å². The van der Waals surface area contributed by atoms with E-state index in [1.807, 2.05) is 34.0 Å². The first-order valence-electron chi connectivity index (χ1n) is 8.07. The van der Waals surface area contributed by atoms with Crippen molar-refractivity contribution >= 4 is 0 Å². The third-order valence-electron chi connectivity index (χ3n) is 3.11. The summed E-state index contributed by atoms with van der Waals surface area (Å²) in [6, 6.07) is 8.85. The Balaban J connectivity index is 0.000000921. The van der Waals surface area contributed by atoms with Crippen molar-refractivity contribution in [3.63, 3.8) is 0 Å². The monoisotopic (exact) mass is 289 g/mol. The van der Waals surface area contributed by atoms with Gasteiger partial charge >= 0.3 is 0 Å². The number of hydrogen-bond acceptors (Lipinski definition) is 2. The molecule has 2 aromatic rings. The molecular weight excluding hydrogens is 258 g/mol. The second kappa shape index (κ2) is 11.1. The van der Waals surface area contributed by atoms with E-state index >= 15 is 0 Å². The quantitative estimate of drug-likeness (QED) is 0.887. The molecule has 0 aliphatic carbocycles. The zero-order chi connectivity index (χ0) is 16.3. The summed E-state index contributed by atoms with van der Waals surface area (Å²) in [5, 5.41) is 0. The summed E-state index contributed by atoms with van der Waals surface area (Å²) in [5.74, 6) is 0. The Morgan fingerprint density at radius 1 is 1.10 bits per heavy atom. The van der Waals surface area contributed by atoms with E-state index in [1.165, 1.54) is 5.56 Å². The van der Waals surface area contributed by atoms with E-state index < -0.39 is 0 Å². The van der Waals surface area contributed by atoms with Crippen LogP contribution in [-0.4, -0.2) is 16.1 Å². The molecule has 0 radical (unpaired) electrons. The Morgan fingerprint density at radius 3 is 2.14 bits per heavy atom. The summed E-state index contributed by atoms with van der Waals surface area (Å²) in [5.41, 5.74) is 9.16. The van der Waals surface area contributed by atoms with Gasteiger partial charge in [-0.1, -0.05) is 58.9 Å². The van der Waals surface area contributed by atoms with Crippen molar-refractivity contribution in [2.45, 2.75) is 54.0 Å². The van der Waals surface area contributed by atoms with Gasteiger partial charge in [0.05, 0.1) is 12.0 Å². The SMILES string of the molecule is CC.CC.CCc1ccc(-c2cn(C(C)CN)cn2)cc1. The van der Waals surface area contributed by atoms with Crippen molar-refractivity contribution in [1.29, 1.82) is 0 Å². The van der Waals surface area contributed by atoms with Gasteiger partial charge in [-0.2, -0.15) is 0 Å². The molecule has 1 atom stereocenters. The van der Waals surface area contributed by atoms with E-state index in [0.29, 0.717) is 12.6 Å². The zero-order valence-corrected chi connectivity index (χ0v) is 14.4. The van der Waals surface area contributed by atoms with E-state index in [2.05, 4.69) is 53.9 Å². The third kappa shape index (κ3) is 5.72. The minimum Gasteiger partial charge on any atom is -0.333 e. The van der Waals surface area contributed by atoms with Crippen LogP contribution in [0.1, 0.15) is 53.1 Å². The van der Waals surface area contributed by atoms with Crippen LogP contribution in [-0.2, 0) is 6.42 Å². The van der Waals surface area contributed by atoms with Gasteiger partial charge in [0.2, 0.25) is 0 Å². The lowest BCUT2D eigenvalue weighted by Gasteiger charge is -2.08. The number of nitrogens with zero attached hydrogens (tertiary/aromatic N) is 2. The van der Waals surface area contributed by atoms with Crippen LogP contribution in [0, 0.1) is 0 Å². The smallest absolute Gasteiger partial charge is 0.0956 e. The van der Waals surface area contributed by atoms with Crippen molar-refractivity contribution in [1.82, 2.24) is 9.55 Å². The van der Waals surface area contributed by atoms with Gasteiger partial charge in [0, 0.05) is 24.3 Å². The van der Waals surface area contributed by atoms with Crippen molar-refractivity contribution in [2.75, 3.05) is 6.54 Å². The second-order valence-electron chi connectivity index (χ2n) is 4.34. The molecule has 1 aromatic heterocycles. The summed E-state index contributed by atoms with van der Waals surface area (Å²) in [7, 11) is 0. The molecule has 2 N–H and O–H groups in total. The molecule has 1 unspecified atom stereocenters. The van der Waals surface area contributed by atoms with Crippen LogP contribution < -0.4 is 5.73 Å². The van der Waals surface area contributed by atoms with Gasteiger partial charge in [-0.3, -0.25) is 0 Å². The zero-order valence-electron chi connectivity index (χ0n) is 14.4. The molecule has 0 bridgehead atoms. The summed E-state index contributed by atoms with van der Waals surface area (Å²) in [6.07, 6.45) is 4.97. The maximum Gasteiger partial charge on any atom is 0.0956 e. The fraction of sp³-hybridized carbons (Fsp3) is 0.500. The number of aromatic nitrogens is 2. The van der Waals surface area contributed by atoms with Crippen LogP contribution in [0.3, 0.4) is 0 Å². The molecular formula is C18H31N3. The van der Waals surface area contributed by atoms with Gasteiger partial charge in [-0.05, 0) is 18.9 Å². The molecule has 118 valence electrons. The largest absolute Gasteiger partial charge is 0.333 e. The number of rotatable bonds is 4. The van der Waals surface area contributed by atoms with E-state index in [-0.39, 0.29) is 0 Å². The molecule has 0 fully saturated rings. The summed E-state index contributed by atoms with van der Waals surface area (Å²) in [6.45, 7) is 12.9. The van der Waals surface area contributed by atoms with Gasteiger partial charge in [0.15, 0.2) is 0 Å². The molecule has 21 heavy (non-hydrogen) atoms. The van der Waals surface area contributed by atoms with Gasteiger partial charge in [0.25, 0.3) is 0 Å². The Kier molecular flexibility index (Phi) is 10.2. The highest BCUT2D eigenvalue weighted by Gasteiger charge is 2.05. The first-order valence-corrected chi connectivity index (χ1v) is 8.07. The topological polar surface area (TPSA) is 43.8 Å². The fourth-order valence-electron chi connectivity index (χ4n) is 1.76. The Morgan fingerprint density at radius 2 is 1.67 bits per heavy atom. The molecule has 0 aliphatic heterocycles. The second-order valence-corrected chi connectivity index (χ2v) is 4.34. The van der Waals surface area contributed by atoms with Crippen LogP contribution in [0.2, 0.25) is 0 Å². The summed E-state index contributed by atoms with van der Waals surface area (Å²) >= 11 is 0. The first-order chi connectivity index (χ1) is 10.2. The van der Waals surface area contributed by atoms with Gasteiger partial charge in [-0.15, -0.1) is 0 Å². The van der Waals surface area contributed by atoms with Crippen LogP contribution in [0.4, 0.5) is 0 Å². The Bertz CT molecular complexity index is 471. The van der Waals surface area contributed by atoms with Gasteiger partial charge in [-0.25, -0.2) is 4.98 Å². The minimum atomic E-state index is 0.297. The number of nitrogens with two attached hydrogens (primary N) is 1. The predicted molar refractivity (Wildman–Crippen MR) is 93.5 cm³/mol. The van der Waals surface area contributed by atoms with E-state index in [0.717, 1.165) is 17.7 Å². The van der Waals surface area contributed by atoms with Crippen molar-refractivity contribution < 1.29 is 0 Å². The van der Waals surface area contributed by atoms with Crippen LogP contribution >= 0.6 is 0 Å². The van der Waals surface area contributed by atoms with E-state index in [4.69, 9.17) is 5.73 Å². The molecule has 2 rings (SSSR count). The van der Waals surface area contributed by atoms with Crippen LogP contribution in [0.15, 0.2) is 36.8 Å². The fourth-order valence-corrected chi connectivity index (χ4v) is 1.76. The average molecular weight is 289 g/mol. The predicted octanol–water partition coefficient (Wildman–Crippen LogP) is 4.68. The van der Waals surface area contributed by atoms with Crippen molar-refractivity contribution in [3.05, 3.63) is 42.4 Å². The summed E-state index contributed by atoms with van der Waals surface area (Å²) < 4.78 is 2.06. The van der Waals surface area contributed by atoms with Gasteiger partial charge < -0.3 is 10.3 Å². The Labute approximate surface area is 130 Å². The lowest BCUT2D eigenvalue weighted by Crippen LogP contribution is -2.14. The number of benzene rings is 1. The Hall–Kier alpha value is -1.61. The number of hydrogen-bond donors (Lipinski definition) is 1. The number of imidazole rings is 1. The minimum absolute atomic E-state index is 0.297.